The highest BCUT2D eigenvalue weighted by Crippen LogP contribution is 2.23. The molecule has 0 radical (unpaired) electrons. The van der Waals surface area contributed by atoms with Crippen LogP contribution in [0.1, 0.15) is 20.7 Å². The van der Waals surface area contributed by atoms with Gasteiger partial charge in [-0.3, -0.25) is 25.0 Å². The minimum atomic E-state index is -1.21. The molecule has 2 rings (SSSR count). The lowest BCUT2D eigenvalue weighted by Gasteiger charge is -2.01. The average Bonchev–Trinajstić information content (AvgIpc) is 2.60. The van der Waals surface area contributed by atoms with Gasteiger partial charge < -0.3 is 10.4 Å². The van der Waals surface area contributed by atoms with E-state index in [1.165, 1.54) is 19.2 Å². The minimum Gasteiger partial charge on any atom is -0.478 e. The van der Waals surface area contributed by atoms with Crippen molar-refractivity contribution in [1.29, 1.82) is 0 Å². The highest BCUT2D eigenvalue weighted by Gasteiger charge is 2.14. The topological polar surface area (TPSA) is 153 Å². The molecule has 1 amide bonds. The van der Waals surface area contributed by atoms with E-state index < -0.39 is 15.8 Å². The summed E-state index contributed by atoms with van der Waals surface area (Å²) < 4.78 is 0. The van der Waals surface area contributed by atoms with E-state index in [1.807, 2.05) is 0 Å². The van der Waals surface area contributed by atoms with Gasteiger partial charge in [0, 0.05) is 31.3 Å². The van der Waals surface area contributed by atoms with Crippen LogP contribution in [0.2, 0.25) is 10.0 Å². The van der Waals surface area contributed by atoms with E-state index >= 15 is 0 Å². The third kappa shape index (κ3) is 5.90. The van der Waals surface area contributed by atoms with Gasteiger partial charge in [-0.05, 0) is 12.1 Å². The number of carboxylic acid groups (broad SMARTS) is 1. The number of carbonyl (C=O) groups is 2. The van der Waals surface area contributed by atoms with E-state index in [0.717, 1.165) is 24.3 Å². The molecule has 0 saturated heterocycles. The lowest BCUT2D eigenvalue weighted by molar-refractivity contribution is -0.385. The normalized spacial score (nSPS) is 9.59. The first-order valence-corrected chi connectivity index (χ1v) is 7.67. The number of aromatic carboxylic acids is 1. The Labute approximate surface area is 161 Å². The molecule has 2 N–H and O–H groups in total. The number of nitrogens with one attached hydrogen (secondary N) is 1. The molecule has 0 aliphatic carbocycles. The fraction of sp³-hybridized carbons (Fsp3) is 0.0667. The molecule has 0 aliphatic heterocycles. The maximum absolute atomic E-state index is 11.2. The zero-order valence-corrected chi connectivity index (χ0v) is 15.0. The summed E-state index contributed by atoms with van der Waals surface area (Å²) in [4.78, 5) is 41.0. The number of hydrogen-bond donors (Lipinski definition) is 2. The fourth-order valence-corrected chi connectivity index (χ4v) is 2.24. The predicted molar refractivity (Wildman–Crippen MR) is 96.6 cm³/mol. The fourth-order valence-electron chi connectivity index (χ4n) is 1.73. The smallest absolute Gasteiger partial charge is 0.337 e. The number of rotatable bonds is 4. The van der Waals surface area contributed by atoms with Crippen LogP contribution < -0.4 is 5.32 Å². The van der Waals surface area contributed by atoms with Crippen molar-refractivity contribution in [2.45, 2.75) is 0 Å². The summed E-state index contributed by atoms with van der Waals surface area (Å²) in [5.41, 5.74) is -0.287. The van der Waals surface area contributed by atoms with Crippen LogP contribution in [0.5, 0.6) is 0 Å². The molecule has 0 atom stereocenters. The first-order chi connectivity index (χ1) is 12.6. The molecule has 10 nitrogen and oxygen atoms in total. The summed E-state index contributed by atoms with van der Waals surface area (Å²) in [6.07, 6.45) is 0. The Balaban J connectivity index is 0.000000271. The Bertz CT molecular complexity index is 918. The Kier molecular flexibility index (Phi) is 7.64. The van der Waals surface area contributed by atoms with Gasteiger partial charge in [0.15, 0.2) is 0 Å². The average molecular weight is 416 g/mol. The maximum atomic E-state index is 11.2. The Morgan fingerprint density at radius 3 is 1.63 bits per heavy atom. The van der Waals surface area contributed by atoms with Gasteiger partial charge in [0.1, 0.15) is 0 Å². The zero-order chi connectivity index (χ0) is 20.7. The molecular formula is C15H11Cl2N3O7. The Hall–Kier alpha value is -3.24. The first-order valence-electron chi connectivity index (χ1n) is 6.91. The van der Waals surface area contributed by atoms with E-state index in [2.05, 4.69) is 5.32 Å². The van der Waals surface area contributed by atoms with Crippen molar-refractivity contribution in [3.05, 3.63) is 77.8 Å². The number of carbonyl (C=O) groups excluding carboxylic acids is 1. The van der Waals surface area contributed by atoms with Crippen molar-refractivity contribution in [3.8, 4) is 0 Å². The van der Waals surface area contributed by atoms with E-state index in [4.69, 9.17) is 28.3 Å². The summed E-state index contributed by atoms with van der Waals surface area (Å²) in [7, 11) is 1.46. The summed E-state index contributed by atoms with van der Waals surface area (Å²) in [6, 6.07) is 6.89. The number of nitro groups is 2. The van der Waals surface area contributed by atoms with Crippen molar-refractivity contribution in [3.63, 3.8) is 0 Å². The van der Waals surface area contributed by atoms with Crippen LogP contribution in [0.3, 0.4) is 0 Å². The molecule has 12 heteroatoms. The van der Waals surface area contributed by atoms with E-state index in [1.54, 1.807) is 0 Å². The van der Waals surface area contributed by atoms with E-state index in [0.29, 0.717) is 0 Å². The number of benzene rings is 2. The van der Waals surface area contributed by atoms with E-state index in [-0.39, 0.29) is 38.5 Å². The molecular weight excluding hydrogens is 405 g/mol. The van der Waals surface area contributed by atoms with Crippen molar-refractivity contribution < 1.29 is 24.5 Å². The molecule has 0 saturated carbocycles. The van der Waals surface area contributed by atoms with Crippen molar-refractivity contribution in [1.82, 2.24) is 5.32 Å². The standard InChI is InChI=1S/C8H7ClN2O3.C7H4ClNO4/c1-10-8(12)6-3-2-5(11(13)14)4-7(6)9;8-6-3-4(9(12)13)1-2-5(6)7(10)11/h2-4H,1H3,(H,10,12);1-3H,(H,10,11). The van der Waals surface area contributed by atoms with Crippen molar-refractivity contribution in [2.24, 2.45) is 0 Å². The van der Waals surface area contributed by atoms with Crippen LogP contribution in [-0.2, 0) is 0 Å². The van der Waals surface area contributed by atoms with Crippen molar-refractivity contribution >= 4 is 46.5 Å². The van der Waals surface area contributed by atoms with Gasteiger partial charge in [0.05, 0.1) is 31.0 Å². The molecule has 2 aromatic carbocycles. The van der Waals surface area contributed by atoms with Gasteiger partial charge in [-0.25, -0.2) is 4.79 Å². The minimum absolute atomic E-state index is 0.0681. The molecule has 2 aromatic rings. The van der Waals surface area contributed by atoms with Gasteiger partial charge in [-0.2, -0.15) is 0 Å². The van der Waals surface area contributed by atoms with Crippen molar-refractivity contribution in [2.75, 3.05) is 7.05 Å². The third-order valence-electron chi connectivity index (χ3n) is 3.03. The quantitative estimate of drug-likeness (QED) is 0.571. The van der Waals surface area contributed by atoms with Gasteiger partial charge in [-0.1, -0.05) is 23.2 Å². The second-order valence-electron chi connectivity index (χ2n) is 4.73. The number of amides is 1. The number of nitrogens with zero attached hydrogens (tertiary/aromatic N) is 2. The second-order valence-corrected chi connectivity index (χ2v) is 5.54. The molecule has 142 valence electrons. The molecule has 0 unspecified atom stereocenters. The maximum Gasteiger partial charge on any atom is 0.337 e. The first kappa shape index (κ1) is 21.8. The lowest BCUT2D eigenvalue weighted by Crippen LogP contribution is -2.18. The number of non-ortho nitro benzene ring substituents is 2. The molecule has 0 heterocycles. The Morgan fingerprint density at radius 2 is 1.33 bits per heavy atom. The number of carboxylic acids is 1. The van der Waals surface area contributed by atoms with Gasteiger partial charge in [-0.15, -0.1) is 0 Å². The highest BCUT2D eigenvalue weighted by molar-refractivity contribution is 6.34. The summed E-state index contributed by atoms with van der Waals surface area (Å²) in [5.74, 6) is -1.58. The number of hydrogen-bond acceptors (Lipinski definition) is 6. The van der Waals surface area contributed by atoms with Crippen LogP contribution in [0.4, 0.5) is 11.4 Å². The monoisotopic (exact) mass is 415 g/mol. The van der Waals surface area contributed by atoms with Gasteiger partial charge in [0.2, 0.25) is 0 Å². The zero-order valence-electron chi connectivity index (χ0n) is 13.5. The van der Waals surface area contributed by atoms with Crippen LogP contribution in [0, 0.1) is 20.2 Å². The predicted octanol–water partition coefficient (Wildman–Crippen LogP) is 3.55. The molecule has 0 aromatic heterocycles. The van der Waals surface area contributed by atoms with Crippen LogP contribution in [-0.4, -0.2) is 33.9 Å². The Morgan fingerprint density at radius 1 is 0.926 bits per heavy atom. The van der Waals surface area contributed by atoms with E-state index in [9.17, 15) is 29.8 Å². The van der Waals surface area contributed by atoms with Crippen LogP contribution in [0.15, 0.2) is 36.4 Å². The molecule has 0 bridgehead atoms. The number of halogens is 2. The molecule has 0 aliphatic rings. The largest absolute Gasteiger partial charge is 0.478 e. The summed E-state index contributed by atoms with van der Waals surface area (Å²) in [6.45, 7) is 0. The summed E-state index contributed by atoms with van der Waals surface area (Å²) in [5, 5.41) is 31.4. The van der Waals surface area contributed by atoms with Crippen LogP contribution >= 0.6 is 23.2 Å². The third-order valence-corrected chi connectivity index (χ3v) is 3.65. The van der Waals surface area contributed by atoms with Gasteiger partial charge >= 0.3 is 5.97 Å². The molecule has 0 spiro atoms. The lowest BCUT2D eigenvalue weighted by atomic mass is 10.2. The SMILES string of the molecule is CNC(=O)c1ccc([N+](=O)[O-])cc1Cl.O=C(O)c1ccc([N+](=O)[O-])cc1Cl. The second kappa shape index (κ2) is 9.46. The number of nitro benzene ring substituents is 2. The molecule has 0 fully saturated rings. The molecule has 27 heavy (non-hydrogen) atoms. The van der Waals surface area contributed by atoms with Gasteiger partial charge in [0.25, 0.3) is 17.3 Å². The van der Waals surface area contributed by atoms with Crippen LogP contribution in [0.25, 0.3) is 0 Å². The highest BCUT2D eigenvalue weighted by atomic mass is 35.5. The summed E-state index contributed by atoms with van der Waals surface area (Å²) >= 11 is 11.2.